The first kappa shape index (κ1) is 13.5. The van der Waals surface area contributed by atoms with Gasteiger partial charge in [-0.3, -0.25) is 4.79 Å². The summed E-state index contributed by atoms with van der Waals surface area (Å²) in [6.45, 7) is 3.24. The van der Waals surface area contributed by atoms with E-state index in [-0.39, 0.29) is 11.7 Å². The van der Waals surface area contributed by atoms with Crippen LogP contribution >= 0.6 is 0 Å². The number of carbonyl (C=O) groups is 1. The molecule has 0 fully saturated rings. The zero-order valence-corrected chi connectivity index (χ0v) is 10.1. The molecular formula is C13H19FN2O. The van der Waals surface area contributed by atoms with Gasteiger partial charge in [0.25, 0.3) is 0 Å². The van der Waals surface area contributed by atoms with Gasteiger partial charge in [-0.2, -0.15) is 0 Å². The molecule has 0 spiro atoms. The molecular weight excluding hydrogens is 219 g/mol. The first-order valence-corrected chi connectivity index (χ1v) is 5.99. The van der Waals surface area contributed by atoms with E-state index in [1.807, 2.05) is 0 Å². The molecule has 0 radical (unpaired) electrons. The SMILES string of the molecule is CCCCNC(=O)CCNc1ccccc1F. The smallest absolute Gasteiger partial charge is 0.221 e. The third kappa shape index (κ3) is 5.33. The van der Waals surface area contributed by atoms with Crippen LogP contribution in [0.2, 0.25) is 0 Å². The molecule has 94 valence electrons. The zero-order chi connectivity index (χ0) is 12.5. The van der Waals surface area contributed by atoms with Gasteiger partial charge in [-0.05, 0) is 18.6 Å². The number of hydrogen-bond acceptors (Lipinski definition) is 2. The van der Waals surface area contributed by atoms with Gasteiger partial charge in [-0.15, -0.1) is 0 Å². The first-order valence-electron chi connectivity index (χ1n) is 5.99. The highest BCUT2D eigenvalue weighted by atomic mass is 19.1. The normalized spacial score (nSPS) is 10.0. The van der Waals surface area contributed by atoms with Crippen LogP contribution < -0.4 is 10.6 Å². The third-order valence-corrected chi connectivity index (χ3v) is 2.39. The van der Waals surface area contributed by atoms with Gasteiger partial charge in [0.1, 0.15) is 5.82 Å². The molecule has 0 aliphatic heterocycles. The Morgan fingerprint density at radius 2 is 2.06 bits per heavy atom. The summed E-state index contributed by atoms with van der Waals surface area (Å²) in [5.41, 5.74) is 0.439. The van der Waals surface area contributed by atoms with Crippen LogP contribution in [0.5, 0.6) is 0 Å². The van der Waals surface area contributed by atoms with Crippen LogP contribution in [-0.2, 0) is 4.79 Å². The van der Waals surface area contributed by atoms with Crippen molar-refractivity contribution >= 4 is 11.6 Å². The van der Waals surface area contributed by atoms with E-state index >= 15 is 0 Å². The predicted molar refractivity (Wildman–Crippen MR) is 67.4 cm³/mol. The number of amides is 1. The Morgan fingerprint density at radius 3 is 2.76 bits per heavy atom. The number of unbranched alkanes of at least 4 members (excludes halogenated alkanes) is 1. The minimum absolute atomic E-state index is 0.00212. The Morgan fingerprint density at radius 1 is 1.29 bits per heavy atom. The Bertz CT molecular complexity index is 355. The highest BCUT2D eigenvalue weighted by Crippen LogP contribution is 2.11. The lowest BCUT2D eigenvalue weighted by Gasteiger charge is -2.07. The Labute approximate surface area is 101 Å². The number of hydrogen-bond donors (Lipinski definition) is 2. The summed E-state index contributed by atoms with van der Waals surface area (Å²) in [5, 5.41) is 5.71. The molecule has 17 heavy (non-hydrogen) atoms. The van der Waals surface area contributed by atoms with Gasteiger partial charge in [0.05, 0.1) is 5.69 Å². The van der Waals surface area contributed by atoms with Crippen molar-refractivity contribution in [3.63, 3.8) is 0 Å². The molecule has 0 aliphatic rings. The van der Waals surface area contributed by atoms with Crippen molar-refractivity contribution in [1.82, 2.24) is 5.32 Å². The molecule has 1 aromatic carbocycles. The van der Waals surface area contributed by atoms with Crippen molar-refractivity contribution in [3.05, 3.63) is 30.1 Å². The lowest BCUT2D eigenvalue weighted by Crippen LogP contribution is -2.26. The summed E-state index contributed by atoms with van der Waals surface area (Å²) < 4.78 is 13.2. The van der Waals surface area contributed by atoms with Crippen LogP contribution in [0.4, 0.5) is 10.1 Å². The number of carbonyl (C=O) groups excluding carboxylic acids is 1. The molecule has 0 bridgehead atoms. The van der Waals surface area contributed by atoms with Crippen LogP contribution in [0.25, 0.3) is 0 Å². The number of anilines is 1. The maximum absolute atomic E-state index is 13.2. The van der Waals surface area contributed by atoms with E-state index in [1.165, 1.54) is 6.07 Å². The Balaban J connectivity index is 2.19. The molecule has 0 atom stereocenters. The first-order chi connectivity index (χ1) is 8.24. The van der Waals surface area contributed by atoms with Crippen LogP contribution in [0.1, 0.15) is 26.2 Å². The Kier molecular flexibility index (Phi) is 6.07. The number of halogens is 1. The standard InChI is InChI=1S/C13H19FN2O/c1-2-3-9-16-13(17)8-10-15-12-7-5-4-6-11(12)14/h4-7,15H,2-3,8-10H2,1H3,(H,16,17). The topological polar surface area (TPSA) is 41.1 Å². The summed E-state index contributed by atoms with van der Waals surface area (Å²) in [5.74, 6) is -0.291. The van der Waals surface area contributed by atoms with E-state index in [2.05, 4.69) is 17.6 Å². The number of benzene rings is 1. The van der Waals surface area contributed by atoms with Crippen molar-refractivity contribution in [3.8, 4) is 0 Å². The number of para-hydroxylation sites is 1. The highest BCUT2D eigenvalue weighted by molar-refractivity contribution is 5.76. The summed E-state index contributed by atoms with van der Waals surface area (Å²) in [7, 11) is 0. The van der Waals surface area contributed by atoms with Gasteiger partial charge in [-0.1, -0.05) is 25.5 Å². The molecule has 0 aromatic heterocycles. The van der Waals surface area contributed by atoms with E-state index in [4.69, 9.17) is 0 Å². The van der Waals surface area contributed by atoms with Gasteiger partial charge in [0, 0.05) is 19.5 Å². The molecule has 3 nitrogen and oxygen atoms in total. The average Bonchev–Trinajstić information content (AvgIpc) is 2.32. The third-order valence-electron chi connectivity index (χ3n) is 2.39. The van der Waals surface area contributed by atoms with E-state index in [0.29, 0.717) is 18.7 Å². The molecule has 0 heterocycles. The van der Waals surface area contributed by atoms with Crippen LogP contribution in [0, 0.1) is 5.82 Å². The number of nitrogens with one attached hydrogen (secondary N) is 2. The van der Waals surface area contributed by atoms with E-state index in [9.17, 15) is 9.18 Å². The average molecular weight is 238 g/mol. The van der Waals surface area contributed by atoms with Crippen molar-refractivity contribution < 1.29 is 9.18 Å². The molecule has 1 amide bonds. The molecule has 2 N–H and O–H groups in total. The fraction of sp³-hybridized carbons (Fsp3) is 0.462. The van der Waals surface area contributed by atoms with Crippen molar-refractivity contribution in [2.24, 2.45) is 0 Å². The van der Waals surface area contributed by atoms with E-state index in [1.54, 1.807) is 18.2 Å². The monoisotopic (exact) mass is 238 g/mol. The van der Waals surface area contributed by atoms with Crippen LogP contribution in [0.3, 0.4) is 0 Å². The van der Waals surface area contributed by atoms with Gasteiger partial charge in [0.15, 0.2) is 0 Å². The fourth-order valence-corrected chi connectivity index (χ4v) is 1.41. The molecule has 1 aromatic rings. The van der Waals surface area contributed by atoms with Crippen molar-refractivity contribution in [1.29, 1.82) is 0 Å². The second-order valence-corrected chi connectivity index (χ2v) is 3.86. The zero-order valence-electron chi connectivity index (χ0n) is 10.1. The number of rotatable bonds is 7. The van der Waals surface area contributed by atoms with Crippen LogP contribution in [0.15, 0.2) is 24.3 Å². The maximum atomic E-state index is 13.2. The predicted octanol–water partition coefficient (Wildman–Crippen LogP) is 2.54. The molecule has 4 heteroatoms. The van der Waals surface area contributed by atoms with Crippen molar-refractivity contribution in [2.45, 2.75) is 26.2 Å². The largest absolute Gasteiger partial charge is 0.382 e. The van der Waals surface area contributed by atoms with E-state index in [0.717, 1.165) is 19.4 Å². The highest BCUT2D eigenvalue weighted by Gasteiger charge is 2.02. The van der Waals surface area contributed by atoms with Crippen LogP contribution in [-0.4, -0.2) is 19.0 Å². The van der Waals surface area contributed by atoms with Gasteiger partial charge in [-0.25, -0.2) is 4.39 Å². The van der Waals surface area contributed by atoms with Gasteiger partial charge < -0.3 is 10.6 Å². The van der Waals surface area contributed by atoms with Gasteiger partial charge in [0.2, 0.25) is 5.91 Å². The molecule has 0 saturated carbocycles. The lowest BCUT2D eigenvalue weighted by atomic mass is 10.3. The summed E-state index contributed by atoms with van der Waals surface area (Å²) in [6.07, 6.45) is 2.41. The fourth-order valence-electron chi connectivity index (χ4n) is 1.41. The van der Waals surface area contributed by atoms with E-state index < -0.39 is 0 Å². The molecule has 0 saturated heterocycles. The quantitative estimate of drug-likeness (QED) is 0.717. The molecule has 1 rings (SSSR count). The van der Waals surface area contributed by atoms with Gasteiger partial charge >= 0.3 is 0 Å². The lowest BCUT2D eigenvalue weighted by molar-refractivity contribution is -0.120. The second kappa shape index (κ2) is 7.65. The minimum atomic E-state index is -0.293. The Hall–Kier alpha value is -1.58. The molecule has 0 aliphatic carbocycles. The second-order valence-electron chi connectivity index (χ2n) is 3.86. The van der Waals surface area contributed by atoms with Crippen molar-refractivity contribution in [2.75, 3.05) is 18.4 Å². The summed E-state index contributed by atoms with van der Waals surface area (Å²) in [6, 6.07) is 6.44. The minimum Gasteiger partial charge on any atom is -0.382 e. The summed E-state index contributed by atoms with van der Waals surface area (Å²) in [4.78, 5) is 11.3. The maximum Gasteiger partial charge on any atom is 0.221 e. The summed E-state index contributed by atoms with van der Waals surface area (Å²) >= 11 is 0. The molecule has 0 unspecified atom stereocenters.